The number of aromatic nitrogens is 2. The number of halogens is 1. The summed E-state index contributed by atoms with van der Waals surface area (Å²) in [5.74, 6) is -0.251. The van der Waals surface area contributed by atoms with Gasteiger partial charge in [0.15, 0.2) is 0 Å². The lowest BCUT2D eigenvalue weighted by Crippen LogP contribution is -2.27. The summed E-state index contributed by atoms with van der Waals surface area (Å²) in [7, 11) is 0. The van der Waals surface area contributed by atoms with E-state index in [1.54, 1.807) is 12.1 Å². The molecule has 0 unspecified atom stereocenters. The van der Waals surface area contributed by atoms with E-state index in [4.69, 9.17) is 10.8 Å². The van der Waals surface area contributed by atoms with Crippen LogP contribution in [0.2, 0.25) is 0 Å². The molecule has 0 radical (unpaired) electrons. The Kier molecular flexibility index (Phi) is 2.07. The molecule has 2 rings (SSSR count). The lowest BCUT2D eigenvalue weighted by atomic mass is 10.2. The Morgan fingerprint density at radius 1 is 1.47 bits per heavy atom. The first kappa shape index (κ1) is 9.51. The molecule has 0 bridgehead atoms. The Morgan fingerprint density at radius 3 is 2.87 bits per heavy atom. The maximum atomic E-state index is 13.4. The molecular weight excluding hydrogens is 195 g/mol. The van der Waals surface area contributed by atoms with E-state index < -0.39 is 5.82 Å². The molecule has 0 spiro atoms. The van der Waals surface area contributed by atoms with Gasteiger partial charge in [0.05, 0.1) is 10.9 Å². The lowest BCUT2D eigenvalue weighted by Gasteiger charge is -2.08. The predicted molar refractivity (Wildman–Crippen MR) is 54.3 cm³/mol. The summed E-state index contributed by atoms with van der Waals surface area (Å²) < 4.78 is 14.7. The maximum Gasteiger partial charge on any atom is 0.227 e. The molecule has 1 aromatic heterocycles. The topological polar surface area (TPSA) is 65.5 Å². The molecule has 0 saturated heterocycles. The van der Waals surface area contributed by atoms with E-state index in [1.807, 2.05) is 0 Å². The van der Waals surface area contributed by atoms with Crippen LogP contribution < -0.4 is 5.62 Å². The van der Waals surface area contributed by atoms with E-state index in [-0.39, 0.29) is 11.5 Å². The number of nitrogens with one attached hydrogen (secondary N) is 2. The van der Waals surface area contributed by atoms with Crippen LogP contribution in [0.4, 0.5) is 4.39 Å². The second-order valence-corrected chi connectivity index (χ2v) is 3.18. The van der Waals surface area contributed by atoms with Gasteiger partial charge in [-0.15, -0.1) is 0 Å². The highest BCUT2D eigenvalue weighted by molar-refractivity contribution is 5.90. The molecule has 0 aliphatic carbocycles. The Balaban J connectivity index is 3.01. The number of hydrogen-bond donors (Lipinski definition) is 2. The zero-order chi connectivity index (χ0) is 11.0. The smallest absolute Gasteiger partial charge is 0.227 e. The van der Waals surface area contributed by atoms with Gasteiger partial charge in [0.2, 0.25) is 5.62 Å². The van der Waals surface area contributed by atoms with Crippen molar-refractivity contribution in [1.82, 2.24) is 9.55 Å². The minimum absolute atomic E-state index is 0.0689. The summed E-state index contributed by atoms with van der Waals surface area (Å²) in [5.41, 5.74) is 0.420. The first-order valence-electron chi connectivity index (χ1n) is 4.37. The highest BCUT2D eigenvalue weighted by Gasteiger charge is 2.06. The van der Waals surface area contributed by atoms with Gasteiger partial charge in [0.25, 0.3) is 0 Å². The molecule has 0 aliphatic rings. The molecule has 0 atom stereocenters. The molecule has 76 valence electrons. The highest BCUT2D eigenvalue weighted by atomic mass is 19.1. The molecule has 1 aromatic carbocycles. The van der Waals surface area contributed by atoms with E-state index in [2.05, 4.69) is 4.98 Å². The summed E-state index contributed by atoms with van der Waals surface area (Å²) in [4.78, 5) is 3.74. The van der Waals surface area contributed by atoms with Crippen molar-refractivity contribution in [3.8, 4) is 0 Å². The van der Waals surface area contributed by atoms with Gasteiger partial charge in [-0.3, -0.25) is 15.4 Å². The van der Waals surface area contributed by atoms with Gasteiger partial charge >= 0.3 is 0 Å². The molecule has 2 aromatic rings. The normalized spacial score (nSPS) is 10.5. The summed E-state index contributed by atoms with van der Waals surface area (Å²) in [6, 6.07) is 4.55. The maximum absolute atomic E-state index is 13.4. The van der Waals surface area contributed by atoms with Gasteiger partial charge in [-0.25, -0.2) is 9.37 Å². The van der Waals surface area contributed by atoms with E-state index in [0.29, 0.717) is 10.9 Å². The van der Waals surface area contributed by atoms with Crippen LogP contribution in [0.3, 0.4) is 0 Å². The molecule has 1 heterocycles. The summed E-state index contributed by atoms with van der Waals surface area (Å²) in [5, 5.41) is 15.4. The van der Waals surface area contributed by atoms with Crippen molar-refractivity contribution in [1.29, 1.82) is 10.8 Å². The van der Waals surface area contributed by atoms with Crippen molar-refractivity contribution in [2.24, 2.45) is 0 Å². The van der Waals surface area contributed by atoms with Crippen molar-refractivity contribution >= 4 is 16.7 Å². The fourth-order valence-corrected chi connectivity index (χ4v) is 1.49. The largest absolute Gasteiger partial charge is 0.288 e. The van der Waals surface area contributed by atoms with Crippen LogP contribution in [0.15, 0.2) is 24.4 Å². The quantitative estimate of drug-likeness (QED) is 0.495. The standard InChI is InChI=1S/C10H9FN4/c1-6(12)15-9-4-2-3-8(11)7(9)5-14-10(15)13/h2-5,12-13H,1H3. The summed E-state index contributed by atoms with van der Waals surface area (Å²) >= 11 is 0. The minimum atomic E-state index is -0.394. The van der Waals surface area contributed by atoms with E-state index in [0.717, 1.165) is 0 Å². The third kappa shape index (κ3) is 1.41. The molecule has 0 aliphatic heterocycles. The number of fused-ring (bicyclic) bond motifs is 1. The van der Waals surface area contributed by atoms with Crippen LogP contribution in [0, 0.1) is 16.6 Å². The number of nitrogens with zero attached hydrogens (tertiary/aromatic N) is 2. The SMILES string of the molecule is CC(=N)n1c(=N)ncc2c(F)cccc21. The second kappa shape index (κ2) is 3.27. The van der Waals surface area contributed by atoms with Gasteiger partial charge in [-0.05, 0) is 19.1 Å². The van der Waals surface area contributed by atoms with E-state index >= 15 is 0 Å². The summed E-state index contributed by atoms with van der Waals surface area (Å²) in [6.45, 7) is 1.53. The molecule has 4 nitrogen and oxygen atoms in total. The van der Waals surface area contributed by atoms with Crippen molar-refractivity contribution in [2.75, 3.05) is 0 Å². The molecule has 0 fully saturated rings. The van der Waals surface area contributed by atoms with Crippen LogP contribution in [-0.4, -0.2) is 15.4 Å². The van der Waals surface area contributed by atoms with Gasteiger partial charge in [-0.2, -0.15) is 0 Å². The van der Waals surface area contributed by atoms with Crippen molar-refractivity contribution in [3.63, 3.8) is 0 Å². The van der Waals surface area contributed by atoms with E-state index in [9.17, 15) is 4.39 Å². The highest BCUT2D eigenvalue weighted by Crippen LogP contribution is 2.14. The fraction of sp³-hybridized carbons (Fsp3) is 0.100. The van der Waals surface area contributed by atoms with Crippen LogP contribution in [-0.2, 0) is 0 Å². The first-order chi connectivity index (χ1) is 7.11. The number of benzene rings is 1. The Hall–Kier alpha value is -2.04. The first-order valence-corrected chi connectivity index (χ1v) is 4.37. The molecule has 15 heavy (non-hydrogen) atoms. The van der Waals surface area contributed by atoms with Gasteiger partial charge < -0.3 is 0 Å². The van der Waals surface area contributed by atoms with Crippen molar-refractivity contribution in [2.45, 2.75) is 6.92 Å². The molecular formula is C10H9FN4. The average molecular weight is 204 g/mol. The number of rotatable bonds is 0. The van der Waals surface area contributed by atoms with Gasteiger partial charge in [0, 0.05) is 6.20 Å². The van der Waals surface area contributed by atoms with Crippen molar-refractivity contribution in [3.05, 3.63) is 35.8 Å². The molecule has 2 N–H and O–H groups in total. The zero-order valence-corrected chi connectivity index (χ0v) is 8.08. The predicted octanol–water partition coefficient (Wildman–Crippen LogP) is 1.50. The third-order valence-electron chi connectivity index (χ3n) is 2.13. The van der Waals surface area contributed by atoms with Gasteiger partial charge in [-0.1, -0.05) is 6.07 Å². The molecule has 0 saturated carbocycles. The molecule has 0 amide bonds. The zero-order valence-electron chi connectivity index (χ0n) is 8.08. The third-order valence-corrected chi connectivity index (χ3v) is 2.13. The molecule has 5 heteroatoms. The Morgan fingerprint density at radius 2 is 2.20 bits per heavy atom. The summed E-state index contributed by atoms with van der Waals surface area (Å²) in [6.07, 6.45) is 1.31. The minimum Gasteiger partial charge on any atom is -0.288 e. The average Bonchev–Trinajstić information content (AvgIpc) is 2.17. The second-order valence-electron chi connectivity index (χ2n) is 3.18. The van der Waals surface area contributed by atoms with Crippen LogP contribution in [0.25, 0.3) is 10.9 Å². The Bertz CT molecular complexity index is 600. The van der Waals surface area contributed by atoms with Crippen LogP contribution in [0.1, 0.15) is 6.92 Å². The Labute approximate surface area is 85.0 Å². The lowest BCUT2D eigenvalue weighted by molar-refractivity contribution is 0.638. The fourth-order valence-electron chi connectivity index (χ4n) is 1.49. The van der Waals surface area contributed by atoms with Crippen molar-refractivity contribution < 1.29 is 4.39 Å². The van der Waals surface area contributed by atoms with Crippen LogP contribution in [0.5, 0.6) is 0 Å². The van der Waals surface area contributed by atoms with Gasteiger partial charge in [0.1, 0.15) is 11.7 Å². The van der Waals surface area contributed by atoms with Crippen LogP contribution >= 0.6 is 0 Å². The monoisotopic (exact) mass is 204 g/mol. The van der Waals surface area contributed by atoms with E-state index in [1.165, 1.54) is 23.8 Å². The number of hydrogen-bond acceptors (Lipinski definition) is 3.